The first-order valence-electron chi connectivity index (χ1n) is 3.40. The number of hydrogen-bond acceptors (Lipinski definition) is 2. The molecule has 0 unspecified atom stereocenters. The lowest BCUT2D eigenvalue weighted by atomic mass is 10.1. The molecule has 2 nitrogen and oxygen atoms in total. The monoisotopic (exact) mass is 132 g/mol. The standard InChI is InChI=1S/C8H8N2/c1-2-4-8-7(3-1)9-5-6-10-8/h1-2,5-6H,3-4H2. The van der Waals surface area contributed by atoms with Crippen molar-refractivity contribution in [3.05, 3.63) is 35.9 Å². The molecule has 0 aliphatic heterocycles. The molecule has 1 aromatic heterocycles. The van der Waals surface area contributed by atoms with E-state index >= 15 is 0 Å². The maximum atomic E-state index is 4.21. The SMILES string of the molecule is C1=CCc2nccnc2C1. The normalized spacial score (nSPS) is 14.8. The van der Waals surface area contributed by atoms with E-state index in [1.807, 2.05) is 0 Å². The fourth-order valence-corrected chi connectivity index (χ4v) is 1.13. The van der Waals surface area contributed by atoms with Crippen LogP contribution in [-0.4, -0.2) is 9.97 Å². The zero-order chi connectivity index (χ0) is 6.81. The molecule has 1 aliphatic rings. The van der Waals surface area contributed by atoms with Gasteiger partial charge in [-0.1, -0.05) is 12.2 Å². The first-order valence-corrected chi connectivity index (χ1v) is 3.40. The summed E-state index contributed by atoms with van der Waals surface area (Å²) in [6.45, 7) is 0. The molecule has 0 saturated heterocycles. The van der Waals surface area contributed by atoms with Gasteiger partial charge in [0.15, 0.2) is 0 Å². The number of rotatable bonds is 0. The van der Waals surface area contributed by atoms with E-state index in [1.165, 1.54) is 0 Å². The van der Waals surface area contributed by atoms with Crippen LogP contribution in [0.25, 0.3) is 0 Å². The van der Waals surface area contributed by atoms with Crippen molar-refractivity contribution in [1.29, 1.82) is 0 Å². The van der Waals surface area contributed by atoms with Gasteiger partial charge in [-0.05, 0) is 0 Å². The quantitative estimate of drug-likeness (QED) is 0.494. The Balaban J connectivity index is 2.47. The summed E-state index contributed by atoms with van der Waals surface area (Å²) in [5, 5.41) is 0. The third kappa shape index (κ3) is 0.817. The highest BCUT2D eigenvalue weighted by atomic mass is 14.8. The van der Waals surface area contributed by atoms with Crippen molar-refractivity contribution < 1.29 is 0 Å². The molecule has 0 atom stereocenters. The van der Waals surface area contributed by atoms with E-state index in [-0.39, 0.29) is 0 Å². The molecule has 0 bridgehead atoms. The van der Waals surface area contributed by atoms with Crippen molar-refractivity contribution in [2.45, 2.75) is 12.8 Å². The Kier molecular flexibility index (Phi) is 1.24. The van der Waals surface area contributed by atoms with Crippen LogP contribution in [0.3, 0.4) is 0 Å². The summed E-state index contributed by atoms with van der Waals surface area (Å²) in [6, 6.07) is 0. The van der Waals surface area contributed by atoms with Crippen LogP contribution in [0.15, 0.2) is 24.5 Å². The Morgan fingerprint density at radius 3 is 1.90 bits per heavy atom. The minimum atomic E-state index is 0.948. The zero-order valence-electron chi connectivity index (χ0n) is 5.62. The van der Waals surface area contributed by atoms with Gasteiger partial charge in [0.2, 0.25) is 0 Å². The highest BCUT2D eigenvalue weighted by Gasteiger charge is 2.04. The van der Waals surface area contributed by atoms with Crippen LogP contribution in [0.5, 0.6) is 0 Å². The maximum Gasteiger partial charge on any atom is 0.0659 e. The van der Waals surface area contributed by atoms with Gasteiger partial charge in [0.05, 0.1) is 11.4 Å². The molecule has 0 amide bonds. The molecule has 0 radical (unpaired) electrons. The second-order valence-corrected chi connectivity index (χ2v) is 2.33. The predicted molar refractivity (Wildman–Crippen MR) is 38.6 cm³/mol. The van der Waals surface area contributed by atoms with Crippen LogP contribution >= 0.6 is 0 Å². The highest BCUT2D eigenvalue weighted by Crippen LogP contribution is 2.09. The molecule has 0 N–H and O–H groups in total. The van der Waals surface area contributed by atoms with Gasteiger partial charge >= 0.3 is 0 Å². The number of allylic oxidation sites excluding steroid dienone is 2. The summed E-state index contributed by atoms with van der Waals surface area (Å²) < 4.78 is 0. The van der Waals surface area contributed by atoms with Crippen LogP contribution in [-0.2, 0) is 12.8 Å². The van der Waals surface area contributed by atoms with E-state index in [9.17, 15) is 0 Å². The first kappa shape index (κ1) is 5.59. The summed E-state index contributed by atoms with van der Waals surface area (Å²) in [4.78, 5) is 8.41. The Morgan fingerprint density at radius 2 is 1.40 bits per heavy atom. The average Bonchev–Trinajstić information content (AvgIpc) is 2.05. The zero-order valence-corrected chi connectivity index (χ0v) is 5.62. The van der Waals surface area contributed by atoms with Crippen molar-refractivity contribution >= 4 is 0 Å². The average molecular weight is 132 g/mol. The van der Waals surface area contributed by atoms with Crippen LogP contribution in [0, 0.1) is 0 Å². The summed E-state index contributed by atoms with van der Waals surface area (Å²) in [6.07, 6.45) is 9.66. The van der Waals surface area contributed by atoms with E-state index in [1.54, 1.807) is 12.4 Å². The van der Waals surface area contributed by atoms with Gasteiger partial charge < -0.3 is 0 Å². The molecular formula is C8H8N2. The minimum absolute atomic E-state index is 0.948. The number of aromatic nitrogens is 2. The van der Waals surface area contributed by atoms with Gasteiger partial charge in [0, 0.05) is 25.2 Å². The number of fused-ring (bicyclic) bond motifs is 1. The second kappa shape index (κ2) is 2.21. The van der Waals surface area contributed by atoms with Crippen LogP contribution in [0.4, 0.5) is 0 Å². The van der Waals surface area contributed by atoms with Crippen LogP contribution in [0.2, 0.25) is 0 Å². The third-order valence-electron chi connectivity index (χ3n) is 1.65. The molecule has 50 valence electrons. The molecule has 10 heavy (non-hydrogen) atoms. The summed E-state index contributed by atoms with van der Waals surface area (Å²) >= 11 is 0. The number of hydrogen-bond donors (Lipinski definition) is 0. The number of nitrogens with zero attached hydrogens (tertiary/aromatic N) is 2. The molecule has 0 fully saturated rings. The fourth-order valence-electron chi connectivity index (χ4n) is 1.13. The smallest absolute Gasteiger partial charge is 0.0659 e. The largest absolute Gasteiger partial charge is 0.257 e. The summed E-state index contributed by atoms with van der Waals surface area (Å²) in [5.74, 6) is 0. The summed E-state index contributed by atoms with van der Waals surface area (Å²) in [5.41, 5.74) is 2.26. The maximum absolute atomic E-state index is 4.21. The Morgan fingerprint density at radius 1 is 0.900 bits per heavy atom. The Hall–Kier alpha value is -1.18. The molecule has 2 rings (SSSR count). The van der Waals surface area contributed by atoms with Crippen LogP contribution in [0.1, 0.15) is 11.4 Å². The lowest BCUT2D eigenvalue weighted by Gasteiger charge is -2.05. The molecule has 1 aromatic rings. The van der Waals surface area contributed by atoms with Gasteiger partial charge in [-0.3, -0.25) is 9.97 Å². The van der Waals surface area contributed by atoms with Crippen molar-refractivity contribution in [3.63, 3.8) is 0 Å². The fraction of sp³-hybridized carbons (Fsp3) is 0.250. The van der Waals surface area contributed by atoms with Gasteiger partial charge in [0.1, 0.15) is 0 Å². The molecule has 0 saturated carbocycles. The molecule has 0 aromatic carbocycles. The third-order valence-corrected chi connectivity index (χ3v) is 1.65. The minimum Gasteiger partial charge on any atom is -0.257 e. The van der Waals surface area contributed by atoms with Gasteiger partial charge in [-0.2, -0.15) is 0 Å². The van der Waals surface area contributed by atoms with E-state index < -0.39 is 0 Å². The molecule has 0 spiro atoms. The van der Waals surface area contributed by atoms with E-state index in [2.05, 4.69) is 22.1 Å². The lowest BCUT2D eigenvalue weighted by Crippen LogP contribution is -2.01. The molecule has 1 heterocycles. The Labute approximate surface area is 59.6 Å². The van der Waals surface area contributed by atoms with Gasteiger partial charge in [0.25, 0.3) is 0 Å². The van der Waals surface area contributed by atoms with Gasteiger partial charge in [-0.15, -0.1) is 0 Å². The lowest BCUT2D eigenvalue weighted by molar-refractivity contribution is 0.934. The second-order valence-electron chi connectivity index (χ2n) is 2.33. The van der Waals surface area contributed by atoms with E-state index in [0.29, 0.717) is 0 Å². The molecule has 1 aliphatic carbocycles. The van der Waals surface area contributed by atoms with Crippen LogP contribution < -0.4 is 0 Å². The predicted octanol–water partition coefficient (Wildman–Crippen LogP) is 1.13. The van der Waals surface area contributed by atoms with Gasteiger partial charge in [-0.25, -0.2) is 0 Å². The van der Waals surface area contributed by atoms with E-state index in [4.69, 9.17) is 0 Å². The first-order chi connectivity index (χ1) is 4.97. The molecular weight excluding hydrogens is 124 g/mol. The topological polar surface area (TPSA) is 25.8 Å². The van der Waals surface area contributed by atoms with Crippen molar-refractivity contribution in [1.82, 2.24) is 9.97 Å². The van der Waals surface area contributed by atoms with Crippen molar-refractivity contribution in [2.75, 3.05) is 0 Å². The van der Waals surface area contributed by atoms with Crippen molar-refractivity contribution in [2.24, 2.45) is 0 Å². The summed E-state index contributed by atoms with van der Waals surface area (Å²) in [7, 11) is 0. The van der Waals surface area contributed by atoms with Crippen molar-refractivity contribution in [3.8, 4) is 0 Å². The van der Waals surface area contributed by atoms with E-state index in [0.717, 1.165) is 24.2 Å². The molecule has 2 heteroatoms. The highest BCUT2D eigenvalue weighted by molar-refractivity contribution is 5.21. The Bertz CT molecular complexity index is 239.